The number of amides is 2. The molecule has 0 spiro atoms. The van der Waals surface area contributed by atoms with Gasteiger partial charge < -0.3 is 15.0 Å². The van der Waals surface area contributed by atoms with Crippen molar-refractivity contribution in [3.63, 3.8) is 0 Å². The summed E-state index contributed by atoms with van der Waals surface area (Å²) in [7, 11) is 0. The predicted molar refractivity (Wildman–Crippen MR) is 110 cm³/mol. The van der Waals surface area contributed by atoms with Crippen LogP contribution in [0.25, 0.3) is 5.69 Å². The number of rotatable bonds is 8. The molecule has 1 fully saturated rings. The number of carbonyl (C=O) groups is 1. The molecule has 2 amide bonds. The van der Waals surface area contributed by atoms with E-state index in [0.717, 1.165) is 43.2 Å². The number of hydrogen-bond acceptors (Lipinski definition) is 6. The van der Waals surface area contributed by atoms with Crippen molar-refractivity contribution in [3.8, 4) is 11.4 Å². The van der Waals surface area contributed by atoms with Gasteiger partial charge in [0.1, 0.15) is 5.75 Å². The van der Waals surface area contributed by atoms with E-state index in [9.17, 15) is 4.79 Å². The van der Waals surface area contributed by atoms with Crippen LogP contribution < -0.4 is 10.1 Å². The Morgan fingerprint density at radius 2 is 1.79 bits per heavy atom. The Bertz CT molecular complexity index is 765. The summed E-state index contributed by atoms with van der Waals surface area (Å²) in [5, 5.41) is 15.3. The number of urea groups is 1. The quantitative estimate of drug-likeness (QED) is 0.729. The van der Waals surface area contributed by atoms with Gasteiger partial charge in [0.25, 0.3) is 0 Å². The molecule has 0 atom stereocenters. The second kappa shape index (κ2) is 10.2. The lowest BCUT2D eigenvalue weighted by Crippen LogP contribution is -2.53. The van der Waals surface area contributed by atoms with Gasteiger partial charge in [0, 0.05) is 32.2 Å². The van der Waals surface area contributed by atoms with E-state index < -0.39 is 0 Å². The number of benzene rings is 1. The Balaban J connectivity index is 1.55. The van der Waals surface area contributed by atoms with Crippen LogP contribution in [-0.2, 0) is 6.54 Å². The first-order valence-electron chi connectivity index (χ1n) is 10.4. The Morgan fingerprint density at radius 1 is 1.10 bits per heavy atom. The average Bonchev–Trinajstić information content (AvgIpc) is 3.21. The van der Waals surface area contributed by atoms with Gasteiger partial charge in [-0.25, -0.2) is 4.79 Å². The molecular weight excluding hydrogens is 370 g/mol. The summed E-state index contributed by atoms with van der Waals surface area (Å²) in [4.78, 5) is 16.6. The average molecular weight is 402 g/mol. The van der Waals surface area contributed by atoms with E-state index in [1.54, 1.807) is 4.68 Å². The third kappa shape index (κ3) is 5.44. The summed E-state index contributed by atoms with van der Waals surface area (Å²) >= 11 is 0. The molecule has 9 heteroatoms. The highest BCUT2D eigenvalue weighted by Crippen LogP contribution is 2.16. The Hall–Kier alpha value is -2.68. The van der Waals surface area contributed by atoms with Crippen molar-refractivity contribution < 1.29 is 9.53 Å². The van der Waals surface area contributed by atoms with Gasteiger partial charge in [0.15, 0.2) is 5.82 Å². The largest absolute Gasteiger partial charge is 0.494 e. The molecule has 1 saturated heterocycles. The Labute approximate surface area is 172 Å². The number of ether oxygens (including phenoxy) is 1. The number of carbonyl (C=O) groups excluding carboxylic acids is 1. The highest BCUT2D eigenvalue weighted by molar-refractivity contribution is 5.74. The molecule has 0 bridgehead atoms. The van der Waals surface area contributed by atoms with Gasteiger partial charge in [-0.1, -0.05) is 13.8 Å². The number of nitrogens with zero attached hydrogens (tertiary/aromatic N) is 6. The molecule has 1 aromatic heterocycles. The van der Waals surface area contributed by atoms with Crippen LogP contribution in [0.4, 0.5) is 4.79 Å². The van der Waals surface area contributed by atoms with Crippen LogP contribution in [-0.4, -0.2) is 74.9 Å². The van der Waals surface area contributed by atoms with E-state index in [0.29, 0.717) is 26.2 Å². The zero-order valence-electron chi connectivity index (χ0n) is 17.5. The van der Waals surface area contributed by atoms with Crippen molar-refractivity contribution in [3.05, 3.63) is 30.1 Å². The molecule has 0 radical (unpaired) electrons. The van der Waals surface area contributed by atoms with Crippen molar-refractivity contribution in [2.75, 3.05) is 32.8 Å². The molecule has 2 heterocycles. The normalized spacial score (nSPS) is 15.0. The monoisotopic (exact) mass is 401 g/mol. The molecule has 1 aliphatic rings. The zero-order valence-corrected chi connectivity index (χ0v) is 17.5. The number of piperazine rings is 1. The van der Waals surface area contributed by atoms with Crippen molar-refractivity contribution in [2.24, 2.45) is 0 Å². The van der Waals surface area contributed by atoms with Gasteiger partial charge in [-0.2, -0.15) is 4.68 Å². The summed E-state index contributed by atoms with van der Waals surface area (Å²) in [6.07, 6.45) is 1.91. The third-order valence-corrected chi connectivity index (χ3v) is 5.26. The molecule has 0 saturated carbocycles. The lowest BCUT2D eigenvalue weighted by molar-refractivity contribution is 0.130. The summed E-state index contributed by atoms with van der Waals surface area (Å²) in [6.45, 7) is 10.4. The van der Waals surface area contributed by atoms with Crippen LogP contribution in [0.3, 0.4) is 0 Å². The molecule has 158 valence electrons. The first-order valence-corrected chi connectivity index (χ1v) is 10.4. The van der Waals surface area contributed by atoms with Crippen molar-refractivity contribution >= 4 is 6.03 Å². The highest BCUT2D eigenvalue weighted by Gasteiger charge is 2.23. The van der Waals surface area contributed by atoms with E-state index in [-0.39, 0.29) is 12.1 Å². The number of aromatic nitrogens is 4. The SMILES string of the molecule is CCOc1ccc(-n2nnnc2CN2CCN(C(=O)NC(CC)CC)CC2)cc1. The summed E-state index contributed by atoms with van der Waals surface area (Å²) in [5.74, 6) is 1.61. The lowest BCUT2D eigenvalue weighted by Gasteiger charge is -2.35. The van der Waals surface area contributed by atoms with E-state index in [1.165, 1.54) is 0 Å². The molecule has 9 nitrogen and oxygen atoms in total. The Kier molecular flexibility index (Phi) is 7.40. The van der Waals surface area contributed by atoms with Crippen molar-refractivity contribution in [1.82, 2.24) is 35.3 Å². The van der Waals surface area contributed by atoms with E-state index in [4.69, 9.17) is 4.74 Å². The molecule has 1 aromatic carbocycles. The van der Waals surface area contributed by atoms with Crippen LogP contribution in [0.5, 0.6) is 5.75 Å². The molecule has 29 heavy (non-hydrogen) atoms. The fraction of sp³-hybridized carbons (Fsp3) is 0.600. The van der Waals surface area contributed by atoms with E-state index in [2.05, 4.69) is 39.6 Å². The smallest absolute Gasteiger partial charge is 0.317 e. The maximum absolute atomic E-state index is 12.4. The topological polar surface area (TPSA) is 88.4 Å². The minimum atomic E-state index is 0.0394. The predicted octanol–water partition coefficient (Wildman–Crippen LogP) is 2.08. The second-order valence-corrected chi connectivity index (χ2v) is 7.16. The van der Waals surface area contributed by atoms with Crippen LogP contribution in [0.15, 0.2) is 24.3 Å². The maximum Gasteiger partial charge on any atom is 0.317 e. The molecular formula is C20H31N7O2. The minimum Gasteiger partial charge on any atom is -0.494 e. The van der Waals surface area contributed by atoms with Crippen LogP contribution in [0.2, 0.25) is 0 Å². The summed E-state index contributed by atoms with van der Waals surface area (Å²) in [5.41, 5.74) is 0.900. The van der Waals surface area contributed by atoms with Gasteiger partial charge in [-0.15, -0.1) is 5.10 Å². The fourth-order valence-electron chi connectivity index (χ4n) is 3.42. The Morgan fingerprint density at radius 3 is 2.41 bits per heavy atom. The van der Waals surface area contributed by atoms with Crippen LogP contribution in [0.1, 0.15) is 39.4 Å². The molecule has 2 aromatic rings. The zero-order chi connectivity index (χ0) is 20.6. The molecule has 1 aliphatic heterocycles. The van der Waals surface area contributed by atoms with Crippen LogP contribution >= 0.6 is 0 Å². The first-order chi connectivity index (χ1) is 14.1. The van der Waals surface area contributed by atoms with Gasteiger partial charge in [-0.3, -0.25) is 4.90 Å². The van der Waals surface area contributed by atoms with Crippen molar-refractivity contribution in [2.45, 2.75) is 46.2 Å². The molecule has 1 N–H and O–H groups in total. The van der Waals surface area contributed by atoms with Gasteiger partial charge >= 0.3 is 6.03 Å². The van der Waals surface area contributed by atoms with Gasteiger partial charge in [0.05, 0.1) is 18.8 Å². The number of tetrazole rings is 1. The van der Waals surface area contributed by atoms with Gasteiger partial charge in [-0.05, 0) is 54.5 Å². The molecule has 3 rings (SSSR count). The van der Waals surface area contributed by atoms with E-state index in [1.807, 2.05) is 36.1 Å². The first kappa shape index (κ1) is 21.0. The molecule has 0 aliphatic carbocycles. The third-order valence-electron chi connectivity index (χ3n) is 5.26. The number of nitrogens with one attached hydrogen (secondary N) is 1. The van der Waals surface area contributed by atoms with Crippen LogP contribution in [0, 0.1) is 0 Å². The maximum atomic E-state index is 12.4. The van der Waals surface area contributed by atoms with Gasteiger partial charge in [0.2, 0.25) is 0 Å². The number of hydrogen-bond donors (Lipinski definition) is 1. The summed E-state index contributed by atoms with van der Waals surface area (Å²) < 4.78 is 7.24. The minimum absolute atomic E-state index is 0.0394. The van der Waals surface area contributed by atoms with E-state index >= 15 is 0 Å². The standard InChI is InChI=1S/C20H31N7O2/c1-4-16(5-2)21-20(28)26-13-11-25(12-14-26)15-19-22-23-24-27(19)17-7-9-18(10-8-17)29-6-3/h7-10,16H,4-6,11-15H2,1-3H3,(H,21,28). The van der Waals surface area contributed by atoms with Crippen molar-refractivity contribution in [1.29, 1.82) is 0 Å². The lowest BCUT2D eigenvalue weighted by atomic mass is 10.2. The molecule has 0 unspecified atom stereocenters. The summed E-state index contributed by atoms with van der Waals surface area (Å²) in [6, 6.07) is 8.02. The fourth-order valence-corrected chi connectivity index (χ4v) is 3.42. The highest BCUT2D eigenvalue weighted by atomic mass is 16.5. The second-order valence-electron chi connectivity index (χ2n) is 7.16.